The molecule has 7 heteroatoms. The van der Waals surface area contributed by atoms with Gasteiger partial charge in [0.25, 0.3) is 0 Å². The fourth-order valence-corrected chi connectivity index (χ4v) is 3.78. The predicted octanol–water partition coefficient (Wildman–Crippen LogP) is 4.37. The van der Waals surface area contributed by atoms with Crippen LogP contribution < -0.4 is 10.1 Å². The van der Waals surface area contributed by atoms with E-state index in [0.29, 0.717) is 29.6 Å². The molecule has 1 saturated carbocycles. The van der Waals surface area contributed by atoms with Crippen molar-refractivity contribution in [2.75, 3.05) is 11.9 Å². The summed E-state index contributed by atoms with van der Waals surface area (Å²) in [6.07, 6.45) is 4.70. The summed E-state index contributed by atoms with van der Waals surface area (Å²) in [5, 5.41) is 3.42. The molecular formula is C23H23ClN4O2. The minimum atomic E-state index is -0.395. The Morgan fingerprint density at radius 2 is 2.00 bits per heavy atom. The van der Waals surface area contributed by atoms with Gasteiger partial charge in [-0.25, -0.2) is 15.0 Å². The van der Waals surface area contributed by atoms with Gasteiger partial charge in [-0.15, -0.1) is 0 Å². The van der Waals surface area contributed by atoms with Gasteiger partial charge in [0.1, 0.15) is 11.6 Å². The van der Waals surface area contributed by atoms with Crippen LogP contribution in [-0.4, -0.2) is 27.5 Å². The van der Waals surface area contributed by atoms with Crippen molar-refractivity contribution >= 4 is 23.3 Å². The molecule has 1 aromatic carbocycles. The molecule has 6 nitrogen and oxygen atoms in total. The number of aryl methyl sites for hydroxylation is 2. The van der Waals surface area contributed by atoms with Crippen LogP contribution in [0, 0.1) is 12.8 Å². The van der Waals surface area contributed by atoms with E-state index in [0.717, 1.165) is 23.5 Å². The Bertz CT molecular complexity index is 1040. The monoisotopic (exact) mass is 422 g/mol. The topological polar surface area (TPSA) is 77.0 Å². The van der Waals surface area contributed by atoms with Crippen LogP contribution in [-0.2, 0) is 16.6 Å². The Kier molecular flexibility index (Phi) is 5.68. The van der Waals surface area contributed by atoms with Crippen molar-refractivity contribution < 1.29 is 9.53 Å². The maximum absolute atomic E-state index is 12.9. The third kappa shape index (κ3) is 4.14. The fraction of sp³-hybridized carbons (Fsp3) is 0.304. The highest BCUT2D eigenvalue weighted by atomic mass is 35.5. The summed E-state index contributed by atoms with van der Waals surface area (Å²) in [6.45, 7) is 4.30. The van der Waals surface area contributed by atoms with Crippen molar-refractivity contribution in [2.45, 2.75) is 32.1 Å². The van der Waals surface area contributed by atoms with Crippen molar-refractivity contribution in [3.8, 4) is 5.75 Å². The molecule has 1 aliphatic carbocycles. The smallest absolute Gasteiger partial charge is 0.229 e. The van der Waals surface area contributed by atoms with E-state index in [2.05, 4.69) is 20.3 Å². The van der Waals surface area contributed by atoms with Gasteiger partial charge in [-0.1, -0.05) is 48.9 Å². The minimum Gasteiger partial charge on any atom is -0.489 e. The SMILES string of the molecule is CCc1ncc(OCC2(c3ccccc3)CC2C(=O)Nc2ccc(Cl)cn2)c(C)n1. The molecule has 30 heavy (non-hydrogen) atoms. The molecule has 1 amide bonds. The quantitative estimate of drug-likeness (QED) is 0.611. The second-order valence-corrected chi connectivity index (χ2v) is 7.94. The molecule has 2 atom stereocenters. The molecule has 4 rings (SSSR count). The zero-order valence-corrected chi connectivity index (χ0v) is 17.7. The van der Waals surface area contributed by atoms with E-state index in [1.54, 1.807) is 18.3 Å². The van der Waals surface area contributed by atoms with Gasteiger partial charge < -0.3 is 10.1 Å². The number of halogens is 1. The van der Waals surface area contributed by atoms with Crippen LogP contribution in [0.1, 0.15) is 30.4 Å². The lowest BCUT2D eigenvalue weighted by molar-refractivity contribution is -0.117. The predicted molar refractivity (Wildman–Crippen MR) is 116 cm³/mol. The standard InChI is InChI=1S/C23H23ClN4O2/c1-3-20-26-13-19(15(2)27-20)30-14-23(16-7-5-4-6-8-16)11-18(23)22(29)28-21-10-9-17(24)12-25-21/h4-10,12-13,18H,3,11,14H2,1-2H3,(H,25,28,29). The molecule has 0 spiro atoms. The third-order valence-electron chi connectivity index (χ3n) is 5.50. The number of nitrogens with one attached hydrogen (secondary N) is 1. The highest BCUT2D eigenvalue weighted by Crippen LogP contribution is 2.55. The molecule has 2 unspecified atom stereocenters. The molecule has 3 aromatic rings. The van der Waals surface area contributed by atoms with Crippen molar-refractivity contribution in [1.29, 1.82) is 0 Å². The Morgan fingerprint density at radius 3 is 2.67 bits per heavy atom. The van der Waals surface area contributed by atoms with E-state index in [9.17, 15) is 4.79 Å². The number of anilines is 1. The number of hydrogen-bond acceptors (Lipinski definition) is 5. The van der Waals surface area contributed by atoms with Gasteiger partial charge in [0, 0.05) is 18.0 Å². The number of pyridine rings is 1. The molecule has 0 aliphatic heterocycles. The fourth-order valence-electron chi connectivity index (χ4n) is 3.67. The Balaban J connectivity index is 1.52. The second kappa shape index (κ2) is 8.40. The first-order chi connectivity index (χ1) is 14.5. The van der Waals surface area contributed by atoms with E-state index in [1.807, 2.05) is 44.2 Å². The number of ether oxygens (including phenoxy) is 1. The van der Waals surface area contributed by atoms with Gasteiger partial charge >= 0.3 is 0 Å². The highest BCUT2D eigenvalue weighted by molar-refractivity contribution is 6.30. The zero-order valence-electron chi connectivity index (χ0n) is 16.9. The Hall–Kier alpha value is -2.99. The summed E-state index contributed by atoms with van der Waals surface area (Å²) >= 11 is 5.88. The number of benzene rings is 1. The molecule has 154 valence electrons. The maximum atomic E-state index is 12.9. The number of hydrogen-bond donors (Lipinski definition) is 1. The lowest BCUT2D eigenvalue weighted by atomic mass is 9.93. The van der Waals surface area contributed by atoms with E-state index in [-0.39, 0.29) is 11.8 Å². The van der Waals surface area contributed by atoms with E-state index in [1.165, 1.54) is 6.20 Å². The van der Waals surface area contributed by atoms with Crippen LogP contribution in [0.5, 0.6) is 5.75 Å². The Labute approximate surface area is 180 Å². The highest BCUT2D eigenvalue weighted by Gasteiger charge is 2.60. The van der Waals surface area contributed by atoms with Gasteiger partial charge in [0.05, 0.1) is 29.4 Å². The van der Waals surface area contributed by atoms with Crippen LogP contribution in [0.15, 0.2) is 54.9 Å². The van der Waals surface area contributed by atoms with E-state index in [4.69, 9.17) is 16.3 Å². The van der Waals surface area contributed by atoms with Gasteiger partial charge in [-0.2, -0.15) is 0 Å². The van der Waals surface area contributed by atoms with Crippen molar-refractivity contribution in [3.05, 3.63) is 77.0 Å². The molecule has 2 heterocycles. The maximum Gasteiger partial charge on any atom is 0.229 e. The molecule has 1 N–H and O–H groups in total. The van der Waals surface area contributed by atoms with Gasteiger partial charge in [0.2, 0.25) is 5.91 Å². The molecule has 1 aliphatic rings. The van der Waals surface area contributed by atoms with Crippen LogP contribution in [0.4, 0.5) is 5.82 Å². The molecule has 0 saturated heterocycles. The van der Waals surface area contributed by atoms with Crippen LogP contribution in [0.3, 0.4) is 0 Å². The summed E-state index contributed by atoms with van der Waals surface area (Å²) in [7, 11) is 0. The molecular weight excluding hydrogens is 400 g/mol. The van der Waals surface area contributed by atoms with Crippen LogP contribution >= 0.6 is 11.6 Å². The molecule has 0 bridgehead atoms. The summed E-state index contributed by atoms with van der Waals surface area (Å²) in [5.74, 6) is 1.63. The van der Waals surface area contributed by atoms with Crippen molar-refractivity contribution in [1.82, 2.24) is 15.0 Å². The summed E-state index contributed by atoms with van der Waals surface area (Å²) < 4.78 is 6.13. The lowest BCUT2D eigenvalue weighted by Gasteiger charge is -2.19. The number of carbonyl (C=O) groups excluding carboxylic acids is 1. The summed E-state index contributed by atoms with van der Waals surface area (Å²) in [4.78, 5) is 25.9. The number of rotatable bonds is 7. The van der Waals surface area contributed by atoms with Gasteiger partial charge in [-0.05, 0) is 31.0 Å². The first-order valence-corrected chi connectivity index (χ1v) is 10.3. The normalized spacial score (nSPS) is 19.9. The van der Waals surface area contributed by atoms with Crippen LogP contribution in [0.2, 0.25) is 5.02 Å². The number of aromatic nitrogens is 3. The summed E-state index contributed by atoms with van der Waals surface area (Å²) in [6, 6.07) is 13.4. The summed E-state index contributed by atoms with van der Waals surface area (Å²) in [5.41, 5.74) is 1.49. The number of nitrogens with zero attached hydrogens (tertiary/aromatic N) is 3. The zero-order chi connectivity index (χ0) is 21.1. The largest absolute Gasteiger partial charge is 0.489 e. The average Bonchev–Trinajstić information content (AvgIpc) is 3.51. The van der Waals surface area contributed by atoms with E-state index >= 15 is 0 Å². The van der Waals surface area contributed by atoms with Crippen molar-refractivity contribution in [3.63, 3.8) is 0 Å². The number of carbonyl (C=O) groups is 1. The number of amides is 1. The average molecular weight is 423 g/mol. The first kappa shape index (κ1) is 20.3. The van der Waals surface area contributed by atoms with Gasteiger partial charge in [-0.3, -0.25) is 4.79 Å². The molecule has 1 fully saturated rings. The molecule has 2 aromatic heterocycles. The van der Waals surface area contributed by atoms with Crippen LogP contribution in [0.25, 0.3) is 0 Å². The van der Waals surface area contributed by atoms with Gasteiger partial charge in [0.15, 0.2) is 5.75 Å². The molecule has 0 radical (unpaired) electrons. The Morgan fingerprint density at radius 1 is 1.20 bits per heavy atom. The third-order valence-corrected chi connectivity index (χ3v) is 5.73. The second-order valence-electron chi connectivity index (χ2n) is 7.51. The minimum absolute atomic E-state index is 0.0772. The first-order valence-electron chi connectivity index (χ1n) is 9.95. The van der Waals surface area contributed by atoms with E-state index < -0.39 is 5.41 Å². The van der Waals surface area contributed by atoms with Crippen molar-refractivity contribution in [2.24, 2.45) is 5.92 Å². The lowest BCUT2D eigenvalue weighted by Crippen LogP contribution is -2.27.